The number of methoxy groups -OCH3 is 1. The van der Waals surface area contributed by atoms with Crippen LogP contribution in [0.1, 0.15) is 19.0 Å². The molecule has 6 nitrogen and oxygen atoms in total. The van der Waals surface area contributed by atoms with E-state index in [4.69, 9.17) is 10.5 Å². The van der Waals surface area contributed by atoms with Gasteiger partial charge in [0.25, 0.3) is 0 Å². The number of ether oxygens (including phenoxy) is 1. The van der Waals surface area contributed by atoms with Crippen LogP contribution in [0.25, 0.3) is 11.5 Å². The maximum Gasteiger partial charge on any atom is 0.180 e. The molecule has 0 bridgehead atoms. The Bertz CT molecular complexity index is 523. The Hall–Kier alpha value is -1.95. The van der Waals surface area contributed by atoms with E-state index in [2.05, 4.69) is 21.9 Å². The molecule has 2 N–H and O–H groups in total. The molecule has 0 atom stereocenters. The van der Waals surface area contributed by atoms with Gasteiger partial charge in [0, 0.05) is 19.7 Å². The lowest BCUT2D eigenvalue weighted by Gasteiger charge is -2.07. The van der Waals surface area contributed by atoms with Gasteiger partial charge in [-0.25, -0.2) is 15.0 Å². The van der Waals surface area contributed by atoms with Crippen LogP contribution in [0.15, 0.2) is 18.6 Å². The van der Waals surface area contributed by atoms with Crippen LogP contribution in [0.3, 0.4) is 0 Å². The molecule has 96 valence electrons. The number of hydrogen-bond acceptors (Lipinski definition) is 5. The minimum Gasteiger partial charge on any atom is -0.384 e. The largest absolute Gasteiger partial charge is 0.384 e. The lowest BCUT2D eigenvalue weighted by molar-refractivity contribution is 0.181. The fourth-order valence-electron chi connectivity index (χ4n) is 1.78. The number of nitrogen functional groups attached to an aromatic ring is 1. The van der Waals surface area contributed by atoms with Crippen LogP contribution < -0.4 is 5.73 Å². The third-order valence-corrected chi connectivity index (χ3v) is 2.50. The highest BCUT2D eigenvalue weighted by molar-refractivity contribution is 5.51. The summed E-state index contributed by atoms with van der Waals surface area (Å²) < 4.78 is 7.08. The second-order valence-electron chi connectivity index (χ2n) is 4.01. The zero-order chi connectivity index (χ0) is 13.0. The van der Waals surface area contributed by atoms with Gasteiger partial charge in [0.15, 0.2) is 5.82 Å². The van der Waals surface area contributed by atoms with Crippen LogP contribution in [0.2, 0.25) is 0 Å². The Morgan fingerprint density at radius 3 is 2.94 bits per heavy atom. The Balaban J connectivity index is 2.39. The molecule has 0 aromatic carbocycles. The average Bonchev–Trinajstić information content (AvgIpc) is 2.77. The van der Waals surface area contributed by atoms with Gasteiger partial charge in [-0.15, -0.1) is 0 Å². The maximum atomic E-state index is 5.78. The molecule has 0 aliphatic heterocycles. The van der Waals surface area contributed by atoms with Gasteiger partial charge in [0.2, 0.25) is 0 Å². The van der Waals surface area contributed by atoms with Crippen molar-refractivity contribution < 1.29 is 4.74 Å². The van der Waals surface area contributed by atoms with Crippen molar-refractivity contribution in [3.05, 3.63) is 24.3 Å². The predicted molar refractivity (Wildman–Crippen MR) is 68.7 cm³/mol. The highest BCUT2D eigenvalue weighted by Crippen LogP contribution is 2.17. The minimum absolute atomic E-state index is 0.418. The second kappa shape index (κ2) is 5.59. The second-order valence-corrected chi connectivity index (χ2v) is 4.01. The number of nitrogens with zero attached hydrogens (tertiary/aromatic N) is 4. The number of anilines is 1. The fraction of sp³-hybridized carbons (Fsp3) is 0.417. The summed E-state index contributed by atoms with van der Waals surface area (Å²) in [6.45, 7) is 3.41. The van der Waals surface area contributed by atoms with Crippen LogP contribution in [0.5, 0.6) is 0 Å². The van der Waals surface area contributed by atoms with Crippen molar-refractivity contribution in [1.29, 1.82) is 0 Å². The highest BCUT2D eigenvalue weighted by Gasteiger charge is 2.10. The Kier molecular flexibility index (Phi) is 3.88. The molecule has 6 heteroatoms. The van der Waals surface area contributed by atoms with Gasteiger partial charge >= 0.3 is 0 Å². The average molecular weight is 247 g/mol. The van der Waals surface area contributed by atoms with Crippen LogP contribution in [-0.4, -0.2) is 26.6 Å². The normalized spacial score (nSPS) is 10.8. The van der Waals surface area contributed by atoms with E-state index in [1.807, 2.05) is 4.57 Å². The molecular weight excluding hydrogens is 230 g/mol. The van der Waals surface area contributed by atoms with E-state index >= 15 is 0 Å². The van der Waals surface area contributed by atoms with Crippen LogP contribution >= 0.6 is 0 Å². The topological polar surface area (TPSA) is 78.9 Å². The van der Waals surface area contributed by atoms with E-state index in [-0.39, 0.29) is 0 Å². The monoisotopic (exact) mass is 247 g/mol. The molecule has 2 rings (SSSR count). The van der Waals surface area contributed by atoms with E-state index in [1.165, 1.54) is 0 Å². The number of hydrogen-bond donors (Lipinski definition) is 1. The quantitative estimate of drug-likeness (QED) is 0.865. The molecule has 0 saturated heterocycles. The summed E-state index contributed by atoms with van der Waals surface area (Å²) in [5.74, 6) is 1.03. The molecule has 18 heavy (non-hydrogen) atoms. The summed E-state index contributed by atoms with van der Waals surface area (Å²) in [7, 11) is 1.62. The number of nitrogens with two attached hydrogens (primary N) is 1. The van der Waals surface area contributed by atoms with Crippen molar-refractivity contribution in [2.45, 2.75) is 26.5 Å². The number of rotatable bonds is 5. The standard InChI is InChI=1S/C12H17N5O/c1-3-4-17-8-14-6-10(17)12-15-9(7-18-2)5-11(13)16-12/h5-6,8H,3-4,7H2,1-2H3,(H2,13,15,16). The fourth-order valence-corrected chi connectivity index (χ4v) is 1.78. The summed E-state index contributed by atoms with van der Waals surface area (Å²) in [5.41, 5.74) is 7.43. The molecule has 2 aromatic rings. The first-order chi connectivity index (χ1) is 8.74. The van der Waals surface area contributed by atoms with Gasteiger partial charge in [-0.1, -0.05) is 6.92 Å². The summed E-state index contributed by atoms with van der Waals surface area (Å²) in [4.78, 5) is 12.8. The van der Waals surface area contributed by atoms with Crippen molar-refractivity contribution >= 4 is 5.82 Å². The molecular formula is C12H17N5O. The van der Waals surface area contributed by atoms with Crippen LogP contribution in [-0.2, 0) is 17.9 Å². The lowest BCUT2D eigenvalue weighted by atomic mass is 10.3. The van der Waals surface area contributed by atoms with Gasteiger partial charge in [-0.05, 0) is 6.42 Å². The smallest absolute Gasteiger partial charge is 0.180 e. The molecule has 0 amide bonds. The predicted octanol–water partition coefficient (Wildman–Crippen LogP) is 1.48. The third kappa shape index (κ3) is 2.65. The molecule has 0 fully saturated rings. The van der Waals surface area contributed by atoms with Crippen molar-refractivity contribution in [2.75, 3.05) is 12.8 Å². The summed E-state index contributed by atoms with van der Waals surface area (Å²) in [5, 5.41) is 0. The first-order valence-electron chi connectivity index (χ1n) is 5.87. The van der Waals surface area contributed by atoms with Gasteiger partial charge in [0.05, 0.1) is 24.8 Å². The third-order valence-electron chi connectivity index (χ3n) is 2.50. The van der Waals surface area contributed by atoms with Gasteiger partial charge in [-0.3, -0.25) is 0 Å². The number of aryl methyl sites for hydroxylation is 1. The zero-order valence-electron chi connectivity index (χ0n) is 10.6. The lowest BCUT2D eigenvalue weighted by Crippen LogP contribution is -2.05. The summed E-state index contributed by atoms with van der Waals surface area (Å²) >= 11 is 0. The summed E-state index contributed by atoms with van der Waals surface area (Å²) in [6.07, 6.45) is 4.55. The SMILES string of the molecule is CCCn1cncc1-c1nc(N)cc(COC)n1. The molecule has 0 unspecified atom stereocenters. The van der Waals surface area contributed by atoms with E-state index in [0.717, 1.165) is 24.4 Å². The molecule has 0 aliphatic rings. The molecule has 0 spiro atoms. The van der Waals surface area contributed by atoms with Crippen molar-refractivity contribution in [2.24, 2.45) is 0 Å². The first-order valence-corrected chi connectivity index (χ1v) is 5.87. The zero-order valence-corrected chi connectivity index (χ0v) is 10.6. The van der Waals surface area contributed by atoms with E-state index in [1.54, 1.807) is 25.7 Å². The Labute approximate surface area is 106 Å². The molecule has 0 radical (unpaired) electrons. The van der Waals surface area contributed by atoms with Gasteiger partial charge < -0.3 is 15.0 Å². The van der Waals surface area contributed by atoms with Crippen molar-refractivity contribution in [1.82, 2.24) is 19.5 Å². The Morgan fingerprint density at radius 1 is 1.39 bits per heavy atom. The summed E-state index contributed by atoms with van der Waals surface area (Å²) in [6, 6.07) is 1.72. The first kappa shape index (κ1) is 12.5. The number of imidazole rings is 1. The van der Waals surface area contributed by atoms with Crippen LogP contribution in [0, 0.1) is 0 Å². The van der Waals surface area contributed by atoms with Crippen LogP contribution in [0.4, 0.5) is 5.82 Å². The van der Waals surface area contributed by atoms with E-state index in [0.29, 0.717) is 18.2 Å². The Morgan fingerprint density at radius 2 is 2.22 bits per heavy atom. The number of aromatic nitrogens is 4. The molecule has 0 aliphatic carbocycles. The highest BCUT2D eigenvalue weighted by atomic mass is 16.5. The molecule has 0 saturated carbocycles. The van der Waals surface area contributed by atoms with Crippen molar-refractivity contribution in [3.8, 4) is 11.5 Å². The van der Waals surface area contributed by atoms with Gasteiger partial charge in [0.1, 0.15) is 11.5 Å². The minimum atomic E-state index is 0.418. The van der Waals surface area contributed by atoms with Gasteiger partial charge in [-0.2, -0.15) is 0 Å². The van der Waals surface area contributed by atoms with E-state index in [9.17, 15) is 0 Å². The van der Waals surface area contributed by atoms with Crippen molar-refractivity contribution in [3.63, 3.8) is 0 Å². The molecule has 2 aromatic heterocycles. The molecule has 2 heterocycles. The van der Waals surface area contributed by atoms with E-state index < -0.39 is 0 Å². The maximum absolute atomic E-state index is 5.78.